The van der Waals surface area contributed by atoms with Crippen LogP contribution in [0.5, 0.6) is 0 Å². The SMILES string of the molecule is CNN(C(C)C)C1CCCCC1. The molecule has 72 valence electrons. The zero-order chi connectivity index (χ0) is 8.97. The third kappa shape index (κ3) is 2.46. The average molecular weight is 170 g/mol. The van der Waals surface area contributed by atoms with Crippen molar-refractivity contribution in [1.29, 1.82) is 0 Å². The number of hydrazine groups is 1. The molecule has 0 atom stereocenters. The maximum atomic E-state index is 3.30. The molecule has 0 unspecified atom stereocenters. The van der Waals surface area contributed by atoms with Crippen LogP contribution in [-0.4, -0.2) is 24.1 Å². The smallest absolute Gasteiger partial charge is 0.0246 e. The highest BCUT2D eigenvalue weighted by molar-refractivity contribution is 4.74. The summed E-state index contributed by atoms with van der Waals surface area (Å²) in [5, 5.41) is 2.40. The van der Waals surface area contributed by atoms with Crippen LogP contribution in [0, 0.1) is 0 Å². The molecule has 0 heterocycles. The Balaban J connectivity index is 2.40. The van der Waals surface area contributed by atoms with Crippen molar-refractivity contribution in [3.63, 3.8) is 0 Å². The van der Waals surface area contributed by atoms with Gasteiger partial charge in [-0.15, -0.1) is 0 Å². The molecule has 1 fully saturated rings. The minimum atomic E-state index is 0.623. The second-order valence-electron chi connectivity index (χ2n) is 4.02. The van der Waals surface area contributed by atoms with Gasteiger partial charge in [0.2, 0.25) is 0 Å². The first-order valence-corrected chi connectivity index (χ1v) is 5.21. The highest BCUT2D eigenvalue weighted by atomic mass is 15.5. The molecule has 0 radical (unpaired) electrons. The molecule has 2 nitrogen and oxygen atoms in total. The van der Waals surface area contributed by atoms with Gasteiger partial charge in [-0.1, -0.05) is 19.3 Å². The molecule has 12 heavy (non-hydrogen) atoms. The molecule has 1 rings (SSSR count). The second-order valence-corrected chi connectivity index (χ2v) is 4.02. The normalized spacial score (nSPS) is 20.8. The molecule has 1 aliphatic rings. The van der Waals surface area contributed by atoms with Crippen LogP contribution in [0.2, 0.25) is 0 Å². The van der Waals surface area contributed by atoms with E-state index in [1.807, 2.05) is 7.05 Å². The molecular weight excluding hydrogens is 148 g/mol. The lowest BCUT2D eigenvalue weighted by Gasteiger charge is -2.36. The van der Waals surface area contributed by atoms with Crippen LogP contribution >= 0.6 is 0 Å². The van der Waals surface area contributed by atoms with Gasteiger partial charge in [0.05, 0.1) is 0 Å². The lowest BCUT2D eigenvalue weighted by Crippen LogP contribution is -2.48. The summed E-state index contributed by atoms with van der Waals surface area (Å²) in [6.45, 7) is 4.51. The van der Waals surface area contributed by atoms with Crippen LogP contribution in [0.1, 0.15) is 46.0 Å². The van der Waals surface area contributed by atoms with Gasteiger partial charge in [0.1, 0.15) is 0 Å². The molecule has 0 amide bonds. The van der Waals surface area contributed by atoms with Gasteiger partial charge >= 0.3 is 0 Å². The Morgan fingerprint density at radius 2 is 1.75 bits per heavy atom. The summed E-state index contributed by atoms with van der Waals surface area (Å²) in [7, 11) is 2.04. The quantitative estimate of drug-likeness (QED) is 0.653. The van der Waals surface area contributed by atoms with Gasteiger partial charge in [-0.2, -0.15) is 0 Å². The lowest BCUT2D eigenvalue weighted by atomic mass is 9.94. The number of hydrogen-bond donors (Lipinski definition) is 1. The number of hydrogen-bond acceptors (Lipinski definition) is 2. The summed E-state index contributed by atoms with van der Waals surface area (Å²) in [6.07, 6.45) is 7.01. The van der Waals surface area contributed by atoms with E-state index < -0.39 is 0 Å². The highest BCUT2D eigenvalue weighted by Crippen LogP contribution is 2.22. The Kier molecular flexibility index (Phi) is 4.02. The molecule has 0 aromatic carbocycles. The van der Waals surface area contributed by atoms with Crippen LogP contribution < -0.4 is 5.43 Å². The van der Waals surface area contributed by atoms with Crippen LogP contribution in [0.25, 0.3) is 0 Å². The van der Waals surface area contributed by atoms with E-state index in [0.717, 1.165) is 6.04 Å². The van der Waals surface area contributed by atoms with Crippen LogP contribution in [-0.2, 0) is 0 Å². The van der Waals surface area contributed by atoms with Crippen molar-refractivity contribution in [3.05, 3.63) is 0 Å². The fourth-order valence-corrected chi connectivity index (χ4v) is 2.22. The second kappa shape index (κ2) is 4.83. The van der Waals surface area contributed by atoms with Gasteiger partial charge in [0.15, 0.2) is 0 Å². The van der Waals surface area contributed by atoms with Crippen LogP contribution in [0.3, 0.4) is 0 Å². The predicted molar refractivity (Wildman–Crippen MR) is 52.9 cm³/mol. The Bertz CT molecular complexity index is 117. The van der Waals surface area contributed by atoms with Gasteiger partial charge in [-0.25, -0.2) is 5.01 Å². The van der Waals surface area contributed by atoms with Gasteiger partial charge < -0.3 is 0 Å². The van der Waals surface area contributed by atoms with Gasteiger partial charge in [-0.05, 0) is 33.7 Å². The summed E-state index contributed by atoms with van der Waals surface area (Å²) >= 11 is 0. The van der Waals surface area contributed by atoms with Crippen molar-refractivity contribution in [2.75, 3.05) is 7.05 Å². The minimum absolute atomic E-state index is 0.623. The summed E-state index contributed by atoms with van der Waals surface area (Å²) in [5.74, 6) is 0. The van der Waals surface area contributed by atoms with E-state index in [9.17, 15) is 0 Å². The molecule has 0 aromatic heterocycles. The van der Waals surface area contributed by atoms with Crippen molar-refractivity contribution < 1.29 is 0 Å². The first-order valence-electron chi connectivity index (χ1n) is 5.21. The topological polar surface area (TPSA) is 15.3 Å². The summed E-state index contributed by atoms with van der Waals surface area (Å²) in [5.41, 5.74) is 3.30. The Morgan fingerprint density at radius 3 is 2.17 bits per heavy atom. The van der Waals surface area contributed by atoms with E-state index in [1.165, 1.54) is 32.1 Å². The Hall–Kier alpha value is -0.0800. The number of rotatable bonds is 3. The number of nitrogens with zero attached hydrogens (tertiary/aromatic N) is 1. The molecule has 1 N–H and O–H groups in total. The van der Waals surface area contributed by atoms with E-state index in [0.29, 0.717) is 6.04 Å². The number of nitrogens with one attached hydrogen (secondary N) is 1. The molecule has 0 bridgehead atoms. The van der Waals surface area contributed by atoms with Crippen LogP contribution in [0.15, 0.2) is 0 Å². The van der Waals surface area contributed by atoms with E-state index in [1.54, 1.807) is 0 Å². The molecule has 1 aliphatic carbocycles. The molecule has 0 aromatic rings. The largest absolute Gasteiger partial charge is 0.258 e. The molecular formula is C10H22N2. The molecule has 1 saturated carbocycles. The van der Waals surface area contributed by atoms with Crippen molar-refractivity contribution in [3.8, 4) is 0 Å². The summed E-state index contributed by atoms with van der Waals surface area (Å²) in [6, 6.07) is 1.40. The standard InChI is InChI=1S/C10H22N2/c1-9(2)12(11-3)10-7-5-4-6-8-10/h9-11H,4-8H2,1-3H3. The first-order chi connectivity index (χ1) is 5.75. The van der Waals surface area contributed by atoms with E-state index in [4.69, 9.17) is 0 Å². The minimum Gasteiger partial charge on any atom is -0.258 e. The Morgan fingerprint density at radius 1 is 1.17 bits per heavy atom. The third-order valence-electron chi connectivity index (χ3n) is 2.78. The van der Waals surface area contributed by atoms with E-state index in [-0.39, 0.29) is 0 Å². The van der Waals surface area contributed by atoms with Crippen molar-refractivity contribution in [2.45, 2.75) is 58.0 Å². The zero-order valence-electron chi connectivity index (χ0n) is 8.64. The van der Waals surface area contributed by atoms with Gasteiger partial charge in [-0.3, -0.25) is 5.43 Å². The average Bonchev–Trinajstić information content (AvgIpc) is 2.07. The van der Waals surface area contributed by atoms with Crippen molar-refractivity contribution >= 4 is 0 Å². The molecule has 0 aliphatic heterocycles. The lowest BCUT2D eigenvalue weighted by molar-refractivity contribution is 0.0733. The Labute approximate surface area is 76.3 Å². The van der Waals surface area contributed by atoms with Gasteiger partial charge in [0, 0.05) is 12.1 Å². The van der Waals surface area contributed by atoms with Crippen molar-refractivity contribution in [2.24, 2.45) is 0 Å². The van der Waals surface area contributed by atoms with E-state index >= 15 is 0 Å². The third-order valence-corrected chi connectivity index (χ3v) is 2.78. The maximum Gasteiger partial charge on any atom is 0.0246 e. The van der Waals surface area contributed by atoms with Crippen molar-refractivity contribution in [1.82, 2.24) is 10.4 Å². The van der Waals surface area contributed by atoms with Crippen LogP contribution in [0.4, 0.5) is 0 Å². The molecule has 0 spiro atoms. The predicted octanol–water partition coefficient (Wildman–Crippen LogP) is 2.16. The summed E-state index contributed by atoms with van der Waals surface area (Å²) in [4.78, 5) is 0. The first kappa shape index (κ1) is 10.0. The molecule has 0 saturated heterocycles. The fraction of sp³-hybridized carbons (Fsp3) is 1.00. The van der Waals surface area contributed by atoms with Gasteiger partial charge in [0.25, 0.3) is 0 Å². The highest BCUT2D eigenvalue weighted by Gasteiger charge is 2.21. The monoisotopic (exact) mass is 170 g/mol. The maximum absolute atomic E-state index is 3.30. The zero-order valence-corrected chi connectivity index (χ0v) is 8.64. The molecule has 2 heteroatoms. The fourth-order valence-electron chi connectivity index (χ4n) is 2.22. The van der Waals surface area contributed by atoms with E-state index in [2.05, 4.69) is 24.3 Å². The summed E-state index contributed by atoms with van der Waals surface area (Å²) < 4.78 is 0.